The molecule has 1 heterocycles. The molecule has 2 aromatic rings. The third-order valence-corrected chi connectivity index (χ3v) is 4.73. The quantitative estimate of drug-likeness (QED) is 0.670. The molecule has 1 aliphatic carbocycles. The molecule has 2 N–H and O–H groups in total. The van der Waals surface area contributed by atoms with E-state index in [0.29, 0.717) is 10.9 Å². The minimum Gasteiger partial charge on any atom is -0.368 e. The topological polar surface area (TPSA) is 78.0 Å². The standard InChI is InChI=1S/C16H17N3O2S/c17-14(20)9-19-15(21)12-7-4-8-13(12)18-16(19)22-10-11-5-2-1-3-6-11/h1-3,5-6H,4,7-10H2,(H2,17,20). The van der Waals surface area contributed by atoms with E-state index in [-0.39, 0.29) is 12.1 Å². The van der Waals surface area contributed by atoms with Gasteiger partial charge in [-0.2, -0.15) is 0 Å². The lowest BCUT2D eigenvalue weighted by molar-refractivity contribution is -0.118. The van der Waals surface area contributed by atoms with Gasteiger partial charge < -0.3 is 5.73 Å². The summed E-state index contributed by atoms with van der Waals surface area (Å²) >= 11 is 1.47. The smallest absolute Gasteiger partial charge is 0.258 e. The summed E-state index contributed by atoms with van der Waals surface area (Å²) in [6, 6.07) is 9.96. The maximum atomic E-state index is 12.5. The number of aromatic nitrogens is 2. The second-order valence-electron chi connectivity index (χ2n) is 5.31. The summed E-state index contributed by atoms with van der Waals surface area (Å²) in [5.74, 6) is 0.175. The van der Waals surface area contributed by atoms with E-state index in [1.165, 1.54) is 16.3 Å². The van der Waals surface area contributed by atoms with Gasteiger partial charge in [0.2, 0.25) is 5.91 Å². The van der Waals surface area contributed by atoms with E-state index in [4.69, 9.17) is 5.73 Å². The van der Waals surface area contributed by atoms with Crippen molar-refractivity contribution in [2.24, 2.45) is 5.73 Å². The molecule has 1 aromatic heterocycles. The minimum absolute atomic E-state index is 0.114. The Labute approximate surface area is 132 Å². The van der Waals surface area contributed by atoms with E-state index < -0.39 is 5.91 Å². The number of primary amides is 1. The molecule has 1 aliphatic rings. The first-order chi connectivity index (χ1) is 10.6. The van der Waals surface area contributed by atoms with Crippen molar-refractivity contribution in [1.82, 2.24) is 9.55 Å². The largest absolute Gasteiger partial charge is 0.368 e. The lowest BCUT2D eigenvalue weighted by atomic mass is 10.2. The second-order valence-corrected chi connectivity index (χ2v) is 6.25. The van der Waals surface area contributed by atoms with Crippen LogP contribution in [0.25, 0.3) is 0 Å². The zero-order chi connectivity index (χ0) is 15.5. The maximum Gasteiger partial charge on any atom is 0.258 e. The lowest BCUT2D eigenvalue weighted by Crippen LogP contribution is -2.32. The van der Waals surface area contributed by atoms with Gasteiger partial charge in [0.15, 0.2) is 5.16 Å². The van der Waals surface area contributed by atoms with Crippen molar-refractivity contribution >= 4 is 17.7 Å². The molecule has 3 rings (SSSR count). The van der Waals surface area contributed by atoms with Crippen LogP contribution in [-0.2, 0) is 29.9 Å². The van der Waals surface area contributed by atoms with Gasteiger partial charge in [0.05, 0.1) is 5.69 Å². The van der Waals surface area contributed by atoms with Gasteiger partial charge in [-0.1, -0.05) is 42.1 Å². The normalized spacial score (nSPS) is 13.1. The molecule has 1 amide bonds. The predicted molar refractivity (Wildman–Crippen MR) is 85.7 cm³/mol. The molecule has 114 valence electrons. The fourth-order valence-corrected chi connectivity index (χ4v) is 3.60. The molecule has 0 aliphatic heterocycles. The third kappa shape index (κ3) is 3.06. The van der Waals surface area contributed by atoms with Crippen LogP contribution in [0.1, 0.15) is 23.2 Å². The summed E-state index contributed by atoms with van der Waals surface area (Å²) in [4.78, 5) is 28.4. The fraction of sp³-hybridized carbons (Fsp3) is 0.312. The number of nitrogens with zero attached hydrogens (tertiary/aromatic N) is 2. The summed E-state index contributed by atoms with van der Waals surface area (Å²) in [5, 5.41) is 0.577. The number of rotatable bonds is 5. The van der Waals surface area contributed by atoms with Crippen LogP contribution >= 0.6 is 11.8 Å². The predicted octanol–water partition coefficient (Wildman–Crippen LogP) is 1.51. The number of amides is 1. The molecule has 0 atom stereocenters. The summed E-state index contributed by atoms with van der Waals surface area (Å²) in [7, 11) is 0. The van der Waals surface area contributed by atoms with Crippen molar-refractivity contribution in [3.8, 4) is 0 Å². The zero-order valence-electron chi connectivity index (χ0n) is 12.1. The van der Waals surface area contributed by atoms with Crippen molar-refractivity contribution in [1.29, 1.82) is 0 Å². The highest BCUT2D eigenvalue weighted by atomic mass is 32.2. The minimum atomic E-state index is -0.525. The third-order valence-electron chi connectivity index (χ3n) is 3.68. The molecule has 0 radical (unpaired) electrons. The SMILES string of the molecule is NC(=O)Cn1c(SCc2ccccc2)nc2c(c1=O)CCC2. The molecular weight excluding hydrogens is 298 g/mol. The van der Waals surface area contributed by atoms with Gasteiger partial charge in [-0.25, -0.2) is 4.98 Å². The van der Waals surface area contributed by atoms with E-state index in [0.717, 1.165) is 36.1 Å². The number of carbonyl (C=O) groups is 1. The number of thioether (sulfide) groups is 1. The molecular formula is C16H17N3O2S. The van der Waals surface area contributed by atoms with Crippen LogP contribution in [0.15, 0.2) is 40.3 Å². The number of hydrogen-bond donors (Lipinski definition) is 1. The van der Waals surface area contributed by atoms with Gasteiger partial charge >= 0.3 is 0 Å². The maximum absolute atomic E-state index is 12.5. The molecule has 5 nitrogen and oxygen atoms in total. The summed E-state index contributed by atoms with van der Waals surface area (Å²) < 4.78 is 1.42. The average Bonchev–Trinajstić information content (AvgIpc) is 2.98. The Morgan fingerprint density at radius 3 is 2.77 bits per heavy atom. The molecule has 0 spiro atoms. The second kappa shape index (κ2) is 6.36. The fourth-order valence-electron chi connectivity index (χ4n) is 2.63. The van der Waals surface area contributed by atoms with Crippen molar-refractivity contribution in [2.75, 3.05) is 0 Å². The van der Waals surface area contributed by atoms with E-state index in [9.17, 15) is 9.59 Å². The summed E-state index contributed by atoms with van der Waals surface area (Å²) in [6.07, 6.45) is 2.52. The van der Waals surface area contributed by atoms with Crippen LogP contribution in [-0.4, -0.2) is 15.5 Å². The Balaban J connectivity index is 1.93. The van der Waals surface area contributed by atoms with Gasteiger partial charge in [-0.15, -0.1) is 0 Å². The molecule has 22 heavy (non-hydrogen) atoms. The monoisotopic (exact) mass is 315 g/mol. The Morgan fingerprint density at radius 2 is 2.05 bits per heavy atom. The van der Waals surface area contributed by atoms with Crippen LogP contribution in [0.5, 0.6) is 0 Å². The van der Waals surface area contributed by atoms with E-state index in [1.807, 2.05) is 30.3 Å². The van der Waals surface area contributed by atoms with E-state index in [2.05, 4.69) is 4.98 Å². The Kier molecular flexibility index (Phi) is 4.29. The van der Waals surface area contributed by atoms with Crippen LogP contribution in [0.3, 0.4) is 0 Å². The van der Waals surface area contributed by atoms with Gasteiger partial charge in [0, 0.05) is 11.3 Å². The van der Waals surface area contributed by atoms with Crippen LogP contribution in [0, 0.1) is 0 Å². The van der Waals surface area contributed by atoms with Gasteiger partial charge in [-0.3, -0.25) is 14.2 Å². The van der Waals surface area contributed by atoms with Crippen molar-refractivity contribution in [2.45, 2.75) is 36.7 Å². The molecule has 0 saturated heterocycles. The molecule has 0 unspecified atom stereocenters. The number of fused-ring (bicyclic) bond motifs is 1. The van der Waals surface area contributed by atoms with Crippen molar-refractivity contribution < 1.29 is 4.79 Å². The Hall–Kier alpha value is -2.08. The number of aryl methyl sites for hydroxylation is 1. The molecule has 6 heteroatoms. The number of carbonyl (C=O) groups excluding carboxylic acids is 1. The number of nitrogens with two attached hydrogens (primary N) is 1. The number of hydrogen-bond acceptors (Lipinski definition) is 4. The molecule has 0 bridgehead atoms. The van der Waals surface area contributed by atoms with Crippen LogP contribution < -0.4 is 11.3 Å². The molecule has 0 fully saturated rings. The van der Waals surface area contributed by atoms with Crippen molar-refractivity contribution in [3.63, 3.8) is 0 Å². The van der Waals surface area contributed by atoms with Crippen LogP contribution in [0.4, 0.5) is 0 Å². The summed E-state index contributed by atoms with van der Waals surface area (Å²) in [5.41, 5.74) is 7.93. The first-order valence-corrected chi connectivity index (χ1v) is 8.21. The Bertz CT molecular complexity index is 756. The van der Waals surface area contributed by atoms with Crippen LogP contribution in [0.2, 0.25) is 0 Å². The summed E-state index contributed by atoms with van der Waals surface area (Å²) in [6.45, 7) is -0.115. The van der Waals surface area contributed by atoms with E-state index in [1.54, 1.807) is 0 Å². The molecule has 0 saturated carbocycles. The first-order valence-electron chi connectivity index (χ1n) is 7.23. The zero-order valence-corrected chi connectivity index (χ0v) is 12.9. The Morgan fingerprint density at radius 1 is 1.27 bits per heavy atom. The van der Waals surface area contributed by atoms with E-state index >= 15 is 0 Å². The van der Waals surface area contributed by atoms with Gasteiger partial charge in [0.1, 0.15) is 6.54 Å². The lowest BCUT2D eigenvalue weighted by Gasteiger charge is -2.12. The highest BCUT2D eigenvalue weighted by Gasteiger charge is 2.21. The first kappa shape index (κ1) is 14.8. The number of benzene rings is 1. The average molecular weight is 315 g/mol. The van der Waals surface area contributed by atoms with Gasteiger partial charge in [0.25, 0.3) is 5.56 Å². The molecule has 1 aromatic carbocycles. The highest BCUT2D eigenvalue weighted by molar-refractivity contribution is 7.98. The van der Waals surface area contributed by atoms with Crippen molar-refractivity contribution in [3.05, 3.63) is 57.5 Å². The van der Waals surface area contributed by atoms with Gasteiger partial charge in [-0.05, 0) is 24.8 Å². The highest BCUT2D eigenvalue weighted by Crippen LogP contribution is 2.24.